The zero-order valence-corrected chi connectivity index (χ0v) is 10.5. The van der Waals surface area contributed by atoms with Crippen molar-refractivity contribution in [2.24, 2.45) is 0 Å². The summed E-state index contributed by atoms with van der Waals surface area (Å²) < 4.78 is 1.93. The molecule has 0 bridgehead atoms. The summed E-state index contributed by atoms with van der Waals surface area (Å²) in [5.41, 5.74) is 3.48. The number of aryl methyl sites for hydroxylation is 2. The van der Waals surface area contributed by atoms with Gasteiger partial charge in [0.15, 0.2) is 0 Å². The van der Waals surface area contributed by atoms with E-state index in [1.54, 1.807) is 0 Å². The Bertz CT molecular complexity index is 384. The summed E-state index contributed by atoms with van der Waals surface area (Å²) in [4.78, 5) is 0. The van der Waals surface area contributed by atoms with Crippen LogP contribution in [0, 0.1) is 25.2 Å². The summed E-state index contributed by atoms with van der Waals surface area (Å²) in [5, 5.41) is 16.4. The quantitative estimate of drug-likeness (QED) is 0.824. The molecule has 4 nitrogen and oxygen atoms in total. The zero-order chi connectivity index (χ0) is 12.1. The van der Waals surface area contributed by atoms with Crippen molar-refractivity contribution in [3.8, 4) is 6.07 Å². The Morgan fingerprint density at radius 1 is 1.44 bits per heavy atom. The maximum atomic E-state index is 8.57. The van der Waals surface area contributed by atoms with Crippen molar-refractivity contribution in [1.29, 1.82) is 5.26 Å². The third-order valence-corrected chi connectivity index (χ3v) is 2.65. The highest BCUT2D eigenvalue weighted by atomic mass is 15.3. The molecule has 0 aliphatic carbocycles. The molecule has 1 aromatic rings. The van der Waals surface area contributed by atoms with Gasteiger partial charge in [-0.1, -0.05) is 13.8 Å². The highest BCUT2D eigenvalue weighted by Crippen LogP contribution is 2.13. The predicted molar refractivity (Wildman–Crippen MR) is 63.9 cm³/mol. The maximum absolute atomic E-state index is 8.57. The molecule has 16 heavy (non-hydrogen) atoms. The van der Waals surface area contributed by atoms with Crippen LogP contribution in [-0.2, 0) is 13.1 Å². The third-order valence-electron chi connectivity index (χ3n) is 2.65. The van der Waals surface area contributed by atoms with Gasteiger partial charge in [-0.25, -0.2) is 0 Å². The Labute approximate surface area is 97.3 Å². The van der Waals surface area contributed by atoms with E-state index in [1.807, 2.05) is 11.6 Å². The van der Waals surface area contributed by atoms with E-state index in [4.69, 9.17) is 5.26 Å². The molecule has 0 aromatic carbocycles. The Kier molecular flexibility index (Phi) is 4.51. The molecule has 0 radical (unpaired) electrons. The van der Waals surface area contributed by atoms with Crippen LogP contribution in [0.4, 0.5) is 0 Å². The summed E-state index contributed by atoms with van der Waals surface area (Å²) in [6.07, 6.45) is 0.513. The van der Waals surface area contributed by atoms with Gasteiger partial charge in [0.2, 0.25) is 0 Å². The highest BCUT2D eigenvalue weighted by Gasteiger charge is 2.10. The van der Waals surface area contributed by atoms with E-state index in [0.29, 0.717) is 19.0 Å². The second kappa shape index (κ2) is 5.66. The van der Waals surface area contributed by atoms with E-state index in [1.165, 1.54) is 11.3 Å². The van der Waals surface area contributed by atoms with E-state index in [0.717, 1.165) is 12.2 Å². The van der Waals surface area contributed by atoms with Crippen molar-refractivity contribution < 1.29 is 0 Å². The number of rotatable bonds is 5. The van der Waals surface area contributed by atoms with Gasteiger partial charge in [0.05, 0.1) is 24.7 Å². The summed E-state index contributed by atoms with van der Waals surface area (Å²) in [5.74, 6) is 0. The Morgan fingerprint density at radius 2 is 2.12 bits per heavy atom. The lowest BCUT2D eigenvalue weighted by Crippen LogP contribution is -2.22. The van der Waals surface area contributed by atoms with Crippen molar-refractivity contribution in [2.45, 2.75) is 53.2 Å². The van der Waals surface area contributed by atoms with Gasteiger partial charge in [-0.3, -0.25) is 4.68 Å². The minimum atomic E-state index is 0.473. The fourth-order valence-corrected chi connectivity index (χ4v) is 1.67. The summed E-state index contributed by atoms with van der Waals surface area (Å²) in [6, 6.07) is 2.62. The van der Waals surface area contributed by atoms with E-state index in [9.17, 15) is 0 Å². The molecule has 0 unspecified atom stereocenters. The van der Waals surface area contributed by atoms with Crippen molar-refractivity contribution in [1.82, 2.24) is 15.1 Å². The van der Waals surface area contributed by atoms with Crippen LogP contribution in [0.25, 0.3) is 0 Å². The van der Waals surface area contributed by atoms with Gasteiger partial charge in [-0.15, -0.1) is 0 Å². The van der Waals surface area contributed by atoms with E-state index >= 15 is 0 Å². The first kappa shape index (κ1) is 12.7. The van der Waals surface area contributed by atoms with Crippen LogP contribution in [0.5, 0.6) is 0 Å². The monoisotopic (exact) mass is 220 g/mol. The molecule has 0 spiro atoms. The number of aromatic nitrogens is 2. The predicted octanol–water partition coefficient (Wildman–Crippen LogP) is 1.91. The van der Waals surface area contributed by atoms with Gasteiger partial charge in [-0.05, 0) is 13.8 Å². The molecular formula is C12H20N4. The lowest BCUT2D eigenvalue weighted by Gasteiger charge is -2.08. The number of nitrogens with one attached hydrogen (secondary N) is 1. The average molecular weight is 220 g/mol. The summed E-state index contributed by atoms with van der Waals surface area (Å²) in [7, 11) is 0. The molecule has 1 N–H and O–H groups in total. The number of nitriles is 1. The van der Waals surface area contributed by atoms with Crippen molar-refractivity contribution in [3.63, 3.8) is 0 Å². The van der Waals surface area contributed by atoms with Crippen LogP contribution in [0.1, 0.15) is 37.2 Å². The normalized spacial score (nSPS) is 10.8. The van der Waals surface area contributed by atoms with Gasteiger partial charge in [0, 0.05) is 23.8 Å². The van der Waals surface area contributed by atoms with Crippen LogP contribution in [-0.4, -0.2) is 15.8 Å². The standard InChI is InChI=1S/C12H20N4/c1-9(2)14-8-12-10(3)15-16(11(12)4)7-5-6-13/h9,14H,5,7-8H2,1-4H3. The molecule has 0 saturated heterocycles. The minimum absolute atomic E-state index is 0.473. The first-order chi connectivity index (χ1) is 7.56. The Hall–Kier alpha value is -1.34. The zero-order valence-electron chi connectivity index (χ0n) is 10.5. The van der Waals surface area contributed by atoms with Gasteiger partial charge in [0.1, 0.15) is 0 Å². The van der Waals surface area contributed by atoms with Gasteiger partial charge >= 0.3 is 0 Å². The van der Waals surface area contributed by atoms with Crippen molar-refractivity contribution >= 4 is 0 Å². The molecule has 0 fully saturated rings. The molecule has 0 amide bonds. The fraction of sp³-hybridized carbons (Fsp3) is 0.667. The molecule has 0 saturated carbocycles. The topological polar surface area (TPSA) is 53.6 Å². The lowest BCUT2D eigenvalue weighted by molar-refractivity contribution is 0.581. The first-order valence-corrected chi connectivity index (χ1v) is 5.69. The van der Waals surface area contributed by atoms with E-state index in [-0.39, 0.29) is 0 Å². The number of hydrogen-bond acceptors (Lipinski definition) is 3. The summed E-state index contributed by atoms with van der Waals surface area (Å²) in [6.45, 7) is 9.88. The largest absolute Gasteiger partial charge is 0.310 e. The molecular weight excluding hydrogens is 200 g/mol. The van der Waals surface area contributed by atoms with Crippen LogP contribution in [0.15, 0.2) is 0 Å². The van der Waals surface area contributed by atoms with Crippen molar-refractivity contribution in [2.75, 3.05) is 0 Å². The second-order valence-electron chi connectivity index (χ2n) is 4.32. The number of nitrogens with zero attached hydrogens (tertiary/aromatic N) is 3. The molecule has 1 aromatic heterocycles. The van der Waals surface area contributed by atoms with Crippen LogP contribution in [0.2, 0.25) is 0 Å². The number of hydrogen-bond donors (Lipinski definition) is 1. The highest BCUT2D eigenvalue weighted by molar-refractivity contribution is 5.24. The first-order valence-electron chi connectivity index (χ1n) is 5.69. The Morgan fingerprint density at radius 3 is 2.69 bits per heavy atom. The van der Waals surface area contributed by atoms with Crippen molar-refractivity contribution in [3.05, 3.63) is 17.0 Å². The van der Waals surface area contributed by atoms with Gasteiger partial charge < -0.3 is 5.32 Å². The fourth-order valence-electron chi connectivity index (χ4n) is 1.67. The lowest BCUT2D eigenvalue weighted by atomic mass is 10.2. The van der Waals surface area contributed by atoms with Crippen LogP contribution < -0.4 is 5.32 Å². The maximum Gasteiger partial charge on any atom is 0.0641 e. The van der Waals surface area contributed by atoms with Crippen LogP contribution in [0.3, 0.4) is 0 Å². The minimum Gasteiger partial charge on any atom is -0.310 e. The smallest absolute Gasteiger partial charge is 0.0641 e. The van der Waals surface area contributed by atoms with Gasteiger partial charge in [-0.2, -0.15) is 10.4 Å². The third kappa shape index (κ3) is 3.07. The second-order valence-corrected chi connectivity index (χ2v) is 4.32. The van der Waals surface area contributed by atoms with E-state index in [2.05, 4.69) is 37.3 Å². The molecule has 0 aliphatic heterocycles. The van der Waals surface area contributed by atoms with Gasteiger partial charge in [0.25, 0.3) is 0 Å². The molecule has 4 heteroatoms. The Balaban J connectivity index is 2.77. The molecule has 1 rings (SSSR count). The molecule has 0 atom stereocenters. The molecule has 1 heterocycles. The average Bonchev–Trinajstić information content (AvgIpc) is 2.48. The molecule has 0 aliphatic rings. The SMILES string of the molecule is Cc1nn(CCC#N)c(C)c1CNC(C)C. The summed E-state index contributed by atoms with van der Waals surface area (Å²) >= 11 is 0. The van der Waals surface area contributed by atoms with Crippen LogP contribution >= 0.6 is 0 Å². The van der Waals surface area contributed by atoms with E-state index < -0.39 is 0 Å². The molecule has 88 valence electrons.